The fourth-order valence-electron chi connectivity index (χ4n) is 2.49. The number of nitrogens with zero attached hydrogens (tertiary/aromatic N) is 3. The van der Waals surface area contributed by atoms with Crippen molar-refractivity contribution in [3.63, 3.8) is 0 Å². The fraction of sp³-hybridized carbons (Fsp3) is 0.828. The number of hydrogen-bond donors (Lipinski definition) is 0. The van der Waals surface area contributed by atoms with Gasteiger partial charge >= 0.3 is 35.3 Å². The standard InChI is InChI=1S/3C8H18N.C5H5F2Si.Hf/c3*1-3-5-7-9-8-6-4-2;6-8(7)5-3-1-2-4-5;/h3*3-8H2,1-2H3;1-4,8H;/q4*-1;+4. The summed E-state index contributed by atoms with van der Waals surface area (Å²) in [6, 6.07) is 6.21. The molecular weight excluding hydrogens is 635 g/mol. The van der Waals surface area contributed by atoms with Gasteiger partial charge in [-0.25, -0.2) is 12.1 Å². The normalized spacial score (nSPS) is 9.81. The number of rotatable bonds is 19. The topological polar surface area (TPSA) is 42.3 Å². The van der Waals surface area contributed by atoms with Crippen molar-refractivity contribution in [1.29, 1.82) is 0 Å². The van der Waals surface area contributed by atoms with Crippen molar-refractivity contribution in [2.24, 2.45) is 0 Å². The quantitative estimate of drug-likeness (QED) is 0.0600. The second kappa shape index (κ2) is 42.3. The molecule has 0 amide bonds. The Balaban J connectivity index is -0.000000188. The Morgan fingerprint density at radius 2 is 0.722 bits per heavy atom. The number of unbranched alkanes of at least 4 members (excludes halogenated alkanes) is 6. The van der Waals surface area contributed by atoms with Crippen LogP contribution in [0.1, 0.15) is 119 Å². The molecule has 0 bridgehead atoms. The van der Waals surface area contributed by atoms with Crippen molar-refractivity contribution in [2.75, 3.05) is 39.3 Å². The second-order valence-electron chi connectivity index (χ2n) is 8.65. The van der Waals surface area contributed by atoms with Crippen molar-refractivity contribution in [3.05, 3.63) is 40.2 Å². The van der Waals surface area contributed by atoms with Crippen molar-refractivity contribution in [1.82, 2.24) is 0 Å². The molecule has 0 saturated heterocycles. The van der Waals surface area contributed by atoms with Crippen LogP contribution in [-0.2, 0) is 25.8 Å². The van der Waals surface area contributed by atoms with E-state index < -0.39 is 9.46 Å². The molecule has 0 aromatic heterocycles. The van der Waals surface area contributed by atoms with Gasteiger partial charge in [0.05, 0.1) is 0 Å². The van der Waals surface area contributed by atoms with Crippen LogP contribution >= 0.6 is 0 Å². The van der Waals surface area contributed by atoms with Crippen LogP contribution in [0.2, 0.25) is 0 Å². The summed E-state index contributed by atoms with van der Waals surface area (Å²) in [7, 11) is -3.48. The largest absolute Gasteiger partial charge is 4.00 e. The molecule has 0 saturated carbocycles. The van der Waals surface area contributed by atoms with E-state index in [0.717, 1.165) is 39.3 Å². The first-order valence-corrected chi connectivity index (χ1v) is 15.9. The molecule has 0 radical (unpaired) electrons. The van der Waals surface area contributed by atoms with Gasteiger partial charge in [-0.15, -0.1) is 44.5 Å². The molecule has 0 aliphatic carbocycles. The molecule has 1 aromatic rings. The van der Waals surface area contributed by atoms with Crippen LogP contribution in [0.3, 0.4) is 0 Å². The number of hydrogen-bond acceptors (Lipinski definition) is 0. The summed E-state index contributed by atoms with van der Waals surface area (Å²) < 4.78 is 23.5. The van der Waals surface area contributed by atoms with Gasteiger partial charge in [-0.05, 0) is 0 Å². The van der Waals surface area contributed by atoms with Crippen molar-refractivity contribution < 1.29 is 34.1 Å². The minimum Gasteiger partial charge on any atom is -0.662 e. The first-order valence-electron chi connectivity index (χ1n) is 14.4. The maximum absolute atomic E-state index is 11.7. The zero-order valence-electron chi connectivity index (χ0n) is 24.7. The molecule has 1 rings (SSSR count). The summed E-state index contributed by atoms with van der Waals surface area (Å²) in [6.07, 6.45) is 15.2. The van der Waals surface area contributed by atoms with Gasteiger partial charge in [0, 0.05) is 0 Å². The third kappa shape index (κ3) is 44.2. The third-order valence-corrected chi connectivity index (χ3v) is 5.85. The van der Waals surface area contributed by atoms with E-state index in [4.69, 9.17) is 0 Å². The molecule has 0 unspecified atom stereocenters. The molecule has 0 aliphatic heterocycles. The van der Waals surface area contributed by atoms with Gasteiger partial charge in [-0.2, -0.15) is 12.1 Å². The van der Waals surface area contributed by atoms with E-state index in [9.17, 15) is 8.22 Å². The van der Waals surface area contributed by atoms with E-state index in [1.165, 1.54) is 89.2 Å². The Morgan fingerprint density at radius 3 is 0.861 bits per heavy atom. The van der Waals surface area contributed by atoms with E-state index in [0.29, 0.717) is 0 Å². The molecular formula is C29H59F2HfN3Si. The fourth-order valence-corrected chi connectivity index (χ4v) is 3.00. The van der Waals surface area contributed by atoms with E-state index in [1.54, 1.807) is 12.1 Å². The summed E-state index contributed by atoms with van der Waals surface area (Å²) in [5, 5.41) is 13.3. The minimum atomic E-state index is -3.48. The van der Waals surface area contributed by atoms with Crippen LogP contribution in [0.5, 0.6) is 0 Å². The van der Waals surface area contributed by atoms with Crippen LogP contribution in [0.4, 0.5) is 8.22 Å². The van der Waals surface area contributed by atoms with E-state index in [2.05, 4.69) is 57.5 Å². The maximum atomic E-state index is 11.7. The Morgan fingerprint density at radius 1 is 0.500 bits per heavy atom. The van der Waals surface area contributed by atoms with Crippen LogP contribution in [-0.4, -0.2) is 48.7 Å². The predicted molar refractivity (Wildman–Crippen MR) is 160 cm³/mol. The van der Waals surface area contributed by atoms with E-state index >= 15 is 0 Å². The van der Waals surface area contributed by atoms with Gasteiger partial charge in [-0.1, -0.05) is 119 Å². The van der Waals surface area contributed by atoms with Gasteiger partial charge in [0.25, 0.3) is 0 Å². The zero-order chi connectivity index (χ0) is 26.8. The molecule has 0 fully saturated rings. The van der Waals surface area contributed by atoms with Gasteiger partial charge < -0.3 is 16.0 Å². The summed E-state index contributed by atoms with van der Waals surface area (Å²) in [6.45, 7) is 19.7. The maximum Gasteiger partial charge on any atom is 4.00 e. The van der Waals surface area contributed by atoms with Crippen LogP contribution in [0.15, 0.2) is 24.3 Å². The average molecular weight is 694 g/mol. The van der Waals surface area contributed by atoms with Crippen LogP contribution in [0, 0.1) is 0 Å². The molecule has 3 nitrogen and oxygen atoms in total. The molecule has 7 heteroatoms. The van der Waals surface area contributed by atoms with Crippen molar-refractivity contribution in [2.45, 2.75) is 119 Å². The summed E-state index contributed by atoms with van der Waals surface area (Å²) in [5.74, 6) is 0. The Kier molecular flexibility index (Phi) is 50.8. The average Bonchev–Trinajstić information content (AvgIpc) is 3.41. The van der Waals surface area contributed by atoms with Crippen LogP contribution in [0.25, 0.3) is 16.0 Å². The van der Waals surface area contributed by atoms with E-state index in [1.807, 2.05) is 0 Å². The SMILES string of the molecule is CCCC[N-]CCCC.CCCC[N-]CCCC.CCCC[N-]CCCC.F[SiH](F)[c-]1cccc1.[Hf+4]. The minimum absolute atomic E-state index is 0. The van der Waals surface area contributed by atoms with Crippen LogP contribution < -0.4 is 5.19 Å². The summed E-state index contributed by atoms with van der Waals surface area (Å²) in [4.78, 5) is 0. The summed E-state index contributed by atoms with van der Waals surface area (Å²) in [5.41, 5.74) is 0. The molecule has 212 valence electrons. The second-order valence-corrected chi connectivity index (χ2v) is 9.92. The molecule has 1 aromatic carbocycles. The monoisotopic (exact) mass is 695 g/mol. The molecule has 0 heterocycles. The molecule has 0 spiro atoms. The van der Waals surface area contributed by atoms with Gasteiger partial charge in [0.1, 0.15) is 0 Å². The Labute approximate surface area is 245 Å². The van der Waals surface area contributed by atoms with Gasteiger partial charge in [-0.3, -0.25) is 8.22 Å². The zero-order valence-corrected chi connectivity index (χ0v) is 29.5. The molecule has 36 heavy (non-hydrogen) atoms. The first kappa shape index (κ1) is 43.2. The molecule has 0 N–H and O–H groups in total. The first-order chi connectivity index (χ1) is 17.0. The molecule has 0 aliphatic rings. The Bertz CT molecular complexity index is 387. The molecule has 0 atom stereocenters. The smallest absolute Gasteiger partial charge is 0.662 e. The summed E-state index contributed by atoms with van der Waals surface area (Å²) >= 11 is 0. The van der Waals surface area contributed by atoms with Gasteiger partial charge in [0.15, 0.2) is 0 Å². The van der Waals surface area contributed by atoms with Gasteiger partial charge in [0.2, 0.25) is 0 Å². The Hall–Kier alpha value is 0.177. The number of halogens is 2. The van der Waals surface area contributed by atoms with E-state index in [-0.39, 0.29) is 31.0 Å². The third-order valence-electron chi connectivity index (χ3n) is 4.96. The van der Waals surface area contributed by atoms with Crippen molar-refractivity contribution >= 4 is 14.7 Å². The van der Waals surface area contributed by atoms with Crippen molar-refractivity contribution in [3.8, 4) is 0 Å². The predicted octanol–water partition coefficient (Wildman–Crippen LogP) is 9.65.